The van der Waals surface area contributed by atoms with E-state index < -0.39 is 11.2 Å². The van der Waals surface area contributed by atoms with E-state index in [0.717, 1.165) is 11.1 Å². The largest absolute Gasteiger partial charge is 0.467 e. The highest BCUT2D eigenvalue weighted by Crippen LogP contribution is 2.42. The summed E-state index contributed by atoms with van der Waals surface area (Å²) in [6.45, 7) is 2.08. The Hall–Kier alpha value is -3.47. The van der Waals surface area contributed by atoms with Gasteiger partial charge in [-0.15, -0.1) is 0 Å². The van der Waals surface area contributed by atoms with Crippen molar-refractivity contribution in [2.75, 3.05) is 4.90 Å². The molecule has 1 aliphatic rings. The van der Waals surface area contributed by atoms with Gasteiger partial charge in [-0.1, -0.05) is 59.3 Å². The third kappa shape index (κ3) is 4.98. The normalized spacial score (nSPS) is 17.1. The van der Waals surface area contributed by atoms with Gasteiger partial charge < -0.3 is 9.73 Å². The lowest BCUT2D eigenvalue weighted by Gasteiger charge is -2.19. The Morgan fingerprint density at radius 2 is 1.94 bits per heavy atom. The summed E-state index contributed by atoms with van der Waals surface area (Å²) < 4.78 is 5.24. The summed E-state index contributed by atoms with van der Waals surface area (Å²) in [6, 6.07) is 20.2. The summed E-state index contributed by atoms with van der Waals surface area (Å²) in [4.78, 5) is 27.8. The van der Waals surface area contributed by atoms with E-state index in [1.807, 2.05) is 43.3 Å². The predicted molar refractivity (Wildman–Crippen MR) is 128 cm³/mol. The van der Waals surface area contributed by atoms with Crippen LogP contribution in [0.15, 0.2) is 81.9 Å². The van der Waals surface area contributed by atoms with Crippen molar-refractivity contribution in [3.05, 3.63) is 99.4 Å². The van der Waals surface area contributed by atoms with Crippen LogP contribution >= 0.6 is 23.4 Å². The fraction of sp³-hybridized carbons (Fsp3) is 0.160. The van der Waals surface area contributed by atoms with Gasteiger partial charge in [-0.3, -0.25) is 14.5 Å². The number of benzene rings is 2. The summed E-state index contributed by atoms with van der Waals surface area (Å²) >= 11 is 7.52. The number of nitrogens with one attached hydrogen (secondary N) is 1. The second-order valence-electron chi connectivity index (χ2n) is 7.47. The molecule has 1 fully saturated rings. The minimum Gasteiger partial charge on any atom is -0.467 e. The number of anilines is 1. The first-order chi connectivity index (χ1) is 16.0. The van der Waals surface area contributed by atoms with Crippen molar-refractivity contribution < 1.29 is 14.0 Å². The van der Waals surface area contributed by atoms with Crippen molar-refractivity contribution in [2.45, 2.75) is 25.1 Å². The van der Waals surface area contributed by atoms with E-state index in [1.54, 1.807) is 30.3 Å². The lowest BCUT2D eigenvalue weighted by molar-refractivity contribution is -0.117. The molecule has 2 aromatic carbocycles. The maximum absolute atomic E-state index is 13.5. The smallest absolute Gasteiger partial charge is 0.265 e. The van der Waals surface area contributed by atoms with Gasteiger partial charge in [0.1, 0.15) is 22.4 Å². The topological polar surface area (TPSA) is 86.3 Å². The van der Waals surface area contributed by atoms with E-state index in [9.17, 15) is 14.9 Å². The Balaban J connectivity index is 1.69. The summed E-state index contributed by atoms with van der Waals surface area (Å²) in [6.07, 6.45) is 1.89. The standard InChI is InChI=1S/C25H20ClN3O3S/c1-16-8-10-18(11-9-16)29-24(31)22(13-17-5-2-3-7-21(17)26)33-25(29)20(14-27)23(30)28-15-19-6-4-12-32-19/h2-12,22H,13,15H2,1H3,(H,28,30)/b25-20+/t22-/m0/s1. The van der Waals surface area contributed by atoms with E-state index in [2.05, 4.69) is 5.32 Å². The number of carbonyl (C=O) groups excluding carboxylic acids is 2. The molecular formula is C25H20ClN3O3S. The number of nitriles is 1. The van der Waals surface area contributed by atoms with E-state index in [1.165, 1.54) is 22.9 Å². The molecular weight excluding hydrogens is 458 g/mol. The van der Waals surface area contributed by atoms with Crippen molar-refractivity contribution in [2.24, 2.45) is 0 Å². The monoisotopic (exact) mass is 477 g/mol. The molecule has 1 aromatic heterocycles. The summed E-state index contributed by atoms with van der Waals surface area (Å²) in [5.41, 5.74) is 2.34. The molecule has 0 bridgehead atoms. The van der Waals surface area contributed by atoms with Crippen LogP contribution in [0.1, 0.15) is 16.9 Å². The molecule has 0 unspecified atom stereocenters. The van der Waals surface area contributed by atoms with Crippen molar-refractivity contribution in [1.82, 2.24) is 5.32 Å². The second kappa shape index (κ2) is 9.99. The number of carbonyl (C=O) groups is 2. The first-order valence-corrected chi connectivity index (χ1v) is 11.5. The molecule has 0 saturated carbocycles. The molecule has 0 spiro atoms. The van der Waals surface area contributed by atoms with Crippen LogP contribution < -0.4 is 10.2 Å². The molecule has 0 radical (unpaired) electrons. The molecule has 0 aliphatic carbocycles. The van der Waals surface area contributed by atoms with Gasteiger partial charge in [-0.05, 0) is 49.2 Å². The highest BCUT2D eigenvalue weighted by atomic mass is 35.5. The molecule has 1 atom stereocenters. The highest BCUT2D eigenvalue weighted by Gasteiger charge is 2.41. The fourth-order valence-corrected chi connectivity index (χ4v) is 4.96. The van der Waals surface area contributed by atoms with Crippen molar-refractivity contribution in [1.29, 1.82) is 5.26 Å². The number of thioether (sulfide) groups is 1. The Labute approximate surface area is 200 Å². The SMILES string of the molecule is Cc1ccc(N2C(=O)[C@H](Cc3ccccc3Cl)S/C2=C(\C#N)C(=O)NCc2ccco2)cc1. The minimum atomic E-state index is -0.570. The van der Waals surface area contributed by atoms with Gasteiger partial charge in [0.15, 0.2) is 0 Å². The lowest BCUT2D eigenvalue weighted by atomic mass is 10.1. The third-order valence-electron chi connectivity index (χ3n) is 5.16. The van der Waals surface area contributed by atoms with Crippen LogP contribution in [0.25, 0.3) is 0 Å². The number of nitrogens with zero attached hydrogens (tertiary/aromatic N) is 2. The number of furan rings is 1. The van der Waals surface area contributed by atoms with E-state index >= 15 is 0 Å². The number of halogens is 1. The van der Waals surface area contributed by atoms with Gasteiger partial charge in [0.25, 0.3) is 5.91 Å². The molecule has 8 heteroatoms. The van der Waals surface area contributed by atoms with Crippen LogP contribution in [-0.4, -0.2) is 17.1 Å². The van der Waals surface area contributed by atoms with Crippen molar-refractivity contribution in [3.63, 3.8) is 0 Å². The van der Waals surface area contributed by atoms with Gasteiger partial charge in [0.05, 0.1) is 18.1 Å². The molecule has 4 rings (SSSR count). The summed E-state index contributed by atoms with van der Waals surface area (Å²) in [5.74, 6) is -0.210. The Morgan fingerprint density at radius 1 is 1.18 bits per heavy atom. The average Bonchev–Trinajstić information content (AvgIpc) is 3.44. The zero-order valence-corrected chi connectivity index (χ0v) is 19.3. The fourth-order valence-electron chi connectivity index (χ4n) is 3.45. The van der Waals surface area contributed by atoms with Crippen LogP contribution in [-0.2, 0) is 22.6 Å². The minimum absolute atomic E-state index is 0.123. The molecule has 1 N–H and O–H groups in total. The molecule has 6 nitrogen and oxygen atoms in total. The Kier molecular flexibility index (Phi) is 6.87. The zero-order valence-electron chi connectivity index (χ0n) is 17.7. The summed E-state index contributed by atoms with van der Waals surface area (Å²) in [7, 11) is 0. The average molecular weight is 478 g/mol. The maximum atomic E-state index is 13.5. The van der Waals surface area contributed by atoms with Crippen LogP contribution in [0.3, 0.4) is 0 Å². The zero-order chi connectivity index (χ0) is 23.4. The number of hydrogen-bond acceptors (Lipinski definition) is 5. The first kappa shape index (κ1) is 22.7. The van der Waals surface area contributed by atoms with Crippen molar-refractivity contribution >= 4 is 40.9 Å². The van der Waals surface area contributed by atoms with Crippen LogP contribution in [0.4, 0.5) is 5.69 Å². The Bertz CT molecular complexity index is 1250. The molecule has 3 aromatic rings. The molecule has 166 valence electrons. The molecule has 2 amide bonds. The molecule has 2 heterocycles. The number of amides is 2. The van der Waals surface area contributed by atoms with E-state index in [0.29, 0.717) is 27.9 Å². The van der Waals surface area contributed by atoms with Crippen LogP contribution in [0.5, 0.6) is 0 Å². The molecule has 1 saturated heterocycles. The quantitative estimate of drug-likeness (QED) is 0.399. The van der Waals surface area contributed by atoms with Crippen LogP contribution in [0.2, 0.25) is 5.02 Å². The van der Waals surface area contributed by atoms with Gasteiger partial charge in [-0.2, -0.15) is 5.26 Å². The predicted octanol–water partition coefficient (Wildman–Crippen LogP) is 4.98. The van der Waals surface area contributed by atoms with E-state index in [4.69, 9.17) is 16.0 Å². The molecule has 1 aliphatic heterocycles. The second-order valence-corrected chi connectivity index (χ2v) is 9.06. The van der Waals surface area contributed by atoms with Gasteiger partial charge in [0, 0.05) is 10.7 Å². The first-order valence-electron chi connectivity index (χ1n) is 10.2. The number of aryl methyl sites for hydroxylation is 1. The van der Waals surface area contributed by atoms with Gasteiger partial charge in [0.2, 0.25) is 5.91 Å². The van der Waals surface area contributed by atoms with Gasteiger partial charge >= 0.3 is 0 Å². The number of rotatable bonds is 6. The summed E-state index contributed by atoms with van der Waals surface area (Å²) in [5, 5.41) is 12.9. The van der Waals surface area contributed by atoms with Crippen molar-refractivity contribution in [3.8, 4) is 6.07 Å². The van der Waals surface area contributed by atoms with Crippen LogP contribution in [0, 0.1) is 18.3 Å². The molecule has 33 heavy (non-hydrogen) atoms. The van der Waals surface area contributed by atoms with Gasteiger partial charge in [-0.25, -0.2) is 0 Å². The maximum Gasteiger partial charge on any atom is 0.265 e. The lowest BCUT2D eigenvalue weighted by Crippen LogP contribution is -2.32. The van der Waals surface area contributed by atoms with E-state index in [-0.39, 0.29) is 18.0 Å². The highest BCUT2D eigenvalue weighted by molar-refractivity contribution is 8.05. The Morgan fingerprint density at radius 3 is 2.61 bits per heavy atom. The number of hydrogen-bond donors (Lipinski definition) is 1. The third-order valence-corrected chi connectivity index (χ3v) is 6.80.